The van der Waals surface area contributed by atoms with Gasteiger partial charge in [0, 0.05) is 12.3 Å². The zero-order valence-electron chi connectivity index (χ0n) is 16.9. The summed E-state index contributed by atoms with van der Waals surface area (Å²) in [5.41, 5.74) is 2.33. The van der Waals surface area contributed by atoms with Gasteiger partial charge in [-0.3, -0.25) is 0 Å². The van der Waals surface area contributed by atoms with Gasteiger partial charge in [-0.1, -0.05) is 67.6 Å². The average molecular weight is 385 g/mol. The Morgan fingerprint density at radius 1 is 0.929 bits per heavy atom. The Morgan fingerprint density at radius 2 is 1.54 bits per heavy atom. The molecular weight excluding hydrogens is 352 g/mol. The predicted molar refractivity (Wildman–Crippen MR) is 110 cm³/mol. The Kier molecular flexibility index (Phi) is 8.04. The molecule has 1 fully saturated rings. The molecule has 1 aliphatic rings. The van der Waals surface area contributed by atoms with Crippen LogP contribution in [0.1, 0.15) is 37.8 Å². The van der Waals surface area contributed by atoms with E-state index in [2.05, 4.69) is 19.1 Å². The van der Waals surface area contributed by atoms with E-state index in [1.54, 1.807) is 0 Å². The predicted octanol–water partition coefficient (Wildman–Crippen LogP) is 4.35. The van der Waals surface area contributed by atoms with Crippen LogP contribution < -0.4 is 0 Å². The van der Waals surface area contributed by atoms with Gasteiger partial charge < -0.3 is 19.3 Å². The lowest BCUT2D eigenvalue weighted by Gasteiger charge is -2.17. The number of aliphatic hydroxyl groups is 1. The van der Waals surface area contributed by atoms with E-state index in [4.69, 9.17) is 14.2 Å². The molecule has 152 valence electrons. The van der Waals surface area contributed by atoms with Crippen LogP contribution in [0.2, 0.25) is 0 Å². The van der Waals surface area contributed by atoms with Crippen molar-refractivity contribution in [3.05, 3.63) is 71.8 Å². The lowest BCUT2D eigenvalue weighted by atomic mass is 10.0. The fourth-order valence-corrected chi connectivity index (χ4v) is 3.51. The zero-order valence-corrected chi connectivity index (χ0v) is 16.9. The molecule has 0 unspecified atom stereocenters. The molecule has 0 bridgehead atoms. The molecule has 3 rings (SSSR count). The van der Waals surface area contributed by atoms with Gasteiger partial charge in [-0.25, -0.2) is 0 Å². The van der Waals surface area contributed by atoms with Crippen molar-refractivity contribution in [3.8, 4) is 0 Å². The van der Waals surface area contributed by atoms with Gasteiger partial charge in [0.25, 0.3) is 0 Å². The number of aliphatic hydroxyl groups excluding tert-OH is 1. The SMILES string of the molecule is C[C@@H](C[C@@H](O)C[C@H]1O[C@H]1[C@@H](C)COCc1ccccc1)OCc1ccccc1. The number of epoxide rings is 1. The van der Waals surface area contributed by atoms with Crippen molar-refractivity contribution in [1.82, 2.24) is 0 Å². The molecule has 4 heteroatoms. The minimum Gasteiger partial charge on any atom is -0.393 e. The molecule has 5 atom stereocenters. The van der Waals surface area contributed by atoms with Crippen LogP contribution in [-0.2, 0) is 27.4 Å². The molecular formula is C24H32O4. The number of benzene rings is 2. The average Bonchev–Trinajstić information content (AvgIpc) is 3.47. The lowest BCUT2D eigenvalue weighted by molar-refractivity contribution is 0.0112. The van der Waals surface area contributed by atoms with Crippen LogP contribution >= 0.6 is 0 Å². The van der Waals surface area contributed by atoms with Gasteiger partial charge in [0.15, 0.2) is 0 Å². The van der Waals surface area contributed by atoms with Crippen molar-refractivity contribution < 1.29 is 19.3 Å². The van der Waals surface area contributed by atoms with Crippen LogP contribution in [0.4, 0.5) is 0 Å². The maximum Gasteiger partial charge on any atom is 0.0890 e. The summed E-state index contributed by atoms with van der Waals surface area (Å²) >= 11 is 0. The van der Waals surface area contributed by atoms with Crippen LogP contribution in [0.15, 0.2) is 60.7 Å². The normalized spacial score (nSPS) is 21.8. The Labute approximate surface area is 168 Å². The third-order valence-electron chi connectivity index (χ3n) is 5.16. The van der Waals surface area contributed by atoms with Crippen molar-refractivity contribution >= 4 is 0 Å². The third-order valence-corrected chi connectivity index (χ3v) is 5.16. The van der Waals surface area contributed by atoms with Crippen LogP contribution in [0, 0.1) is 5.92 Å². The molecule has 0 spiro atoms. The maximum atomic E-state index is 10.4. The van der Waals surface area contributed by atoms with Gasteiger partial charge in [0.1, 0.15) is 0 Å². The van der Waals surface area contributed by atoms with Gasteiger partial charge in [0.05, 0.1) is 44.2 Å². The fourth-order valence-electron chi connectivity index (χ4n) is 3.51. The van der Waals surface area contributed by atoms with Gasteiger partial charge in [-0.15, -0.1) is 0 Å². The summed E-state index contributed by atoms with van der Waals surface area (Å²) in [4.78, 5) is 0. The van der Waals surface area contributed by atoms with E-state index in [9.17, 15) is 5.11 Å². The summed E-state index contributed by atoms with van der Waals surface area (Å²) in [6.45, 7) is 6.03. The van der Waals surface area contributed by atoms with Crippen molar-refractivity contribution in [1.29, 1.82) is 0 Å². The quantitative estimate of drug-likeness (QED) is 0.553. The molecule has 1 N–H and O–H groups in total. The summed E-state index contributed by atoms with van der Waals surface area (Å²) in [5, 5.41) is 10.4. The molecule has 0 aromatic heterocycles. The first-order valence-electron chi connectivity index (χ1n) is 10.2. The van der Waals surface area contributed by atoms with Gasteiger partial charge in [0.2, 0.25) is 0 Å². The molecule has 1 saturated heterocycles. The molecule has 0 amide bonds. The largest absolute Gasteiger partial charge is 0.393 e. The van der Waals surface area contributed by atoms with Gasteiger partial charge >= 0.3 is 0 Å². The summed E-state index contributed by atoms with van der Waals surface area (Å²) in [7, 11) is 0. The topological polar surface area (TPSA) is 51.2 Å². The Bertz CT molecular complexity index is 676. The van der Waals surface area contributed by atoms with E-state index in [-0.39, 0.29) is 18.3 Å². The van der Waals surface area contributed by atoms with Crippen molar-refractivity contribution in [2.24, 2.45) is 5.92 Å². The standard InChI is InChI=1S/C24H32O4/c1-18(15-26-16-20-9-5-3-6-10-20)24-23(28-24)14-22(25)13-19(2)27-17-21-11-7-4-8-12-21/h3-12,18-19,22-25H,13-17H2,1-2H3/t18-,19-,22+,23+,24-/m0/s1. The van der Waals surface area contributed by atoms with E-state index in [1.807, 2.05) is 55.5 Å². The summed E-state index contributed by atoms with van der Waals surface area (Å²) in [6, 6.07) is 20.3. The Morgan fingerprint density at radius 3 is 2.18 bits per heavy atom. The van der Waals surface area contributed by atoms with Crippen LogP contribution in [0.5, 0.6) is 0 Å². The van der Waals surface area contributed by atoms with Crippen molar-refractivity contribution in [3.63, 3.8) is 0 Å². The third kappa shape index (κ3) is 7.02. The molecule has 4 nitrogen and oxygen atoms in total. The maximum absolute atomic E-state index is 10.4. The second-order valence-electron chi connectivity index (χ2n) is 7.85. The number of rotatable bonds is 12. The molecule has 0 radical (unpaired) electrons. The van der Waals surface area contributed by atoms with E-state index >= 15 is 0 Å². The minimum absolute atomic E-state index is 0.0130. The van der Waals surface area contributed by atoms with Gasteiger partial charge in [-0.05, 0) is 24.5 Å². The summed E-state index contributed by atoms with van der Waals surface area (Å²) in [6.07, 6.45) is 1.21. The van der Waals surface area contributed by atoms with E-state index < -0.39 is 6.10 Å². The highest BCUT2D eigenvalue weighted by atomic mass is 16.6. The molecule has 2 aromatic carbocycles. The fraction of sp³-hybridized carbons (Fsp3) is 0.500. The van der Waals surface area contributed by atoms with Crippen molar-refractivity contribution in [2.75, 3.05) is 6.61 Å². The Balaban J connectivity index is 1.28. The highest BCUT2D eigenvalue weighted by molar-refractivity contribution is 5.14. The highest BCUT2D eigenvalue weighted by Gasteiger charge is 2.43. The summed E-state index contributed by atoms with van der Waals surface area (Å²) in [5.74, 6) is 0.327. The first-order valence-corrected chi connectivity index (χ1v) is 10.2. The number of hydrogen-bond acceptors (Lipinski definition) is 4. The van der Waals surface area contributed by atoms with Crippen LogP contribution in [0.3, 0.4) is 0 Å². The first kappa shape index (κ1) is 21.0. The molecule has 2 aromatic rings. The van der Waals surface area contributed by atoms with E-state index in [1.165, 1.54) is 5.56 Å². The molecule has 0 aliphatic carbocycles. The second kappa shape index (κ2) is 10.7. The van der Waals surface area contributed by atoms with E-state index in [0.717, 1.165) is 5.56 Å². The van der Waals surface area contributed by atoms with E-state index in [0.29, 0.717) is 38.6 Å². The molecule has 0 saturated carbocycles. The first-order chi connectivity index (χ1) is 13.6. The highest BCUT2D eigenvalue weighted by Crippen LogP contribution is 2.34. The monoisotopic (exact) mass is 384 g/mol. The number of ether oxygens (including phenoxy) is 3. The molecule has 28 heavy (non-hydrogen) atoms. The zero-order chi connectivity index (χ0) is 19.8. The minimum atomic E-state index is -0.404. The van der Waals surface area contributed by atoms with Crippen LogP contribution in [-0.4, -0.2) is 36.1 Å². The lowest BCUT2D eigenvalue weighted by Crippen LogP contribution is -2.21. The summed E-state index contributed by atoms with van der Waals surface area (Å²) < 4.78 is 17.4. The molecule has 1 heterocycles. The van der Waals surface area contributed by atoms with Crippen LogP contribution in [0.25, 0.3) is 0 Å². The van der Waals surface area contributed by atoms with Gasteiger partial charge in [-0.2, -0.15) is 0 Å². The van der Waals surface area contributed by atoms with Crippen molar-refractivity contribution in [2.45, 2.75) is 64.3 Å². The smallest absolute Gasteiger partial charge is 0.0890 e. The number of hydrogen-bond donors (Lipinski definition) is 1. The molecule has 1 aliphatic heterocycles. The second-order valence-corrected chi connectivity index (χ2v) is 7.85. The Hall–Kier alpha value is -1.72.